The van der Waals surface area contributed by atoms with Crippen LogP contribution in [0.2, 0.25) is 0 Å². The quantitative estimate of drug-likeness (QED) is 0.876. The van der Waals surface area contributed by atoms with Crippen molar-refractivity contribution in [2.75, 3.05) is 7.11 Å². The van der Waals surface area contributed by atoms with Crippen LogP contribution >= 0.6 is 0 Å². The Balaban J connectivity index is 1.69. The van der Waals surface area contributed by atoms with Crippen molar-refractivity contribution in [1.82, 2.24) is 5.32 Å². The molecule has 1 amide bonds. The summed E-state index contributed by atoms with van der Waals surface area (Å²) < 4.78 is 18.3. The molecule has 0 bridgehead atoms. The topological polar surface area (TPSA) is 58.6 Å². The van der Waals surface area contributed by atoms with Gasteiger partial charge in [0.1, 0.15) is 11.6 Å². The second-order valence-corrected chi connectivity index (χ2v) is 6.38. The minimum Gasteiger partial charge on any atom is -0.497 e. The van der Waals surface area contributed by atoms with E-state index in [0.717, 1.165) is 24.8 Å². The highest BCUT2D eigenvalue weighted by Gasteiger charge is 2.31. The van der Waals surface area contributed by atoms with E-state index in [0.29, 0.717) is 11.3 Å². The lowest BCUT2D eigenvalue weighted by molar-refractivity contribution is -0.130. The lowest BCUT2D eigenvalue weighted by atomic mass is 9.93. The first-order valence-electron chi connectivity index (χ1n) is 8.46. The number of halogens is 1. The molecular formula is C20H22FNO3. The van der Waals surface area contributed by atoms with Crippen molar-refractivity contribution in [3.63, 3.8) is 0 Å². The summed E-state index contributed by atoms with van der Waals surface area (Å²) in [4.78, 5) is 12.5. The summed E-state index contributed by atoms with van der Waals surface area (Å²) >= 11 is 0. The third-order valence-electron chi connectivity index (χ3n) is 4.80. The molecule has 3 unspecified atom stereocenters. The zero-order valence-electron chi connectivity index (χ0n) is 14.1. The fraction of sp³-hybridized carbons (Fsp3) is 0.350. The lowest BCUT2D eigenvalue weighted by Gasteiger charge is -2.23. The number of nitrogens with one attached hydrogen (secondary N) is 1. The maximum absolute atomic E-state index is 13.1. The van der Waals surface area contributed by atoms with Crippen molar-refractivity contribution < 1.29 is 19.0 Å². The van der Waals surface area contributed by atoms with Crippen LogP contribution in [-0.2, 0) is 4.79 Å². The molecule has 1 aliphatic rings. The van der Waals surface area contributed by atoms with Crippen LogP contribution in [0.3, 0.4) is 0 Å². The monoisotopic (exact) mass is 343 g/mol. The zero-order valence-corrected chi connectivity index (χ0v) is 14.1. The van der Waals surface area contributed by atoms with E-state index in [-0.39, 0.29) is 17.8 Å². The molecule has 1 aliphatic carbocycles. The smallest absolute Gasteiger partial charge is 0.253 e. The number of aliphatic hydroxyl groups excluding tert-OH is 1. The average Bonchev–Trinajstić information content (AvgIpc) is 3.09. The van der Waals surface area contributed by atoms with Gasteiger partial charge in [0.05, 0.1) is 7.11 Å². The van der Waals surface area contributed by atoms with Crippen molar-refractivity contribution >= 4 is 5.91 Å². The van der Waals surface area contributed by atoms with E-state index in [9.17, 15) is 14.3 Å². The van der Waals surface area contributed by atoms with Crippen LogP contribution in [0, 0.1) is 5.82 Å². The van der Waals surface area contributed by atoms with E-state index in [4.69, 9.17) is 4.74 Å². The molecule has 0 heterocycles. The molecule has 1 saturated carbocycles. The molecule has 1 fully saturated rings. The Hall–Kier alpha value is -2.40. The molecule has 5 heteroatoms. The predicted molar refractivity (Wildman–Crippen MR) is 92.9 cm³/mol. The normalized spacial score (nSPS) is 20.9. The molecule has 0 saturated heterocycles. The summed E-state index contributed by atoms with van der Waals surface area (Å²) in [6.45, 7) is 0. The van der Waals surface area contributed by atoms with E-state index in [2.05, 4.69) is 5.32 Å². The first-order chi connectivity index (χ1) is 12.1. The molecule has 3 rings (SSSR count). The number of hydrogen-bond acceptors (Lipinski definition) is 3. The van der Waals surface area contributed by atoms with Crippen molar-refractivity contribution in [2.24, 2.45) is 0 Å². The number of amides is 1. The molecule has 2 N–H and O–H groups in total. The van der Waals surface area contributed by atoms with Gasteiger partial charge >= 0.3 is 0 Å². The number of carbonyl (C=O) groups excluding carboxylic acids is 1. The van der Waals surface area contributed by atoms with Gasteiger partial charge in [0.25, 0.3) is 5.91 Å². The lowest BCUT2D eigenvalue weighted by Crippen LogP contribution is -2.39. The van der Waals surface area contributed by atoms with Crippen LogP contribution in [0.5, 0.6) is 5.75 Å². The van der Waals surface area contributed by atoms with Crippen LogP contribution in [0.1, 0.15) is 42.4 Å². The molecule has 25 heavy (non-hydrogen) atoms. The van der Waals surface area contributed by atoms with Gasteiger partial charge < -0.3 is 15.2 Å². The summed E-state index contributed by atoms with van der Waals surface area (Å²) in [5.74, 6) is 0.0412. The molecule has 2 aromatic carbocycles. The molecule has 4 nitrogen and oxygen atoms in total. The molecule has 2 aromatic rings. The molecule has 3 atom stereocenters. The van der Waals surface area contributed by atoms with Gasteiger partial charge in [-0.05, 0) is 48.2 Å². The molecule has 0 spiro atoms. The highest BCUT2D eigenvalue weighted by Crippen LogP contribution is 2.35. The SMILES string of the molecule is COc1cccc(C(O)C(=O)NC2CCCC2c2ccc(F)cc2)c1. The highest BCUT2D eigenvalue weighted by molar-refractivity contribution is 5.82. The van der Waals surface area contributed by atoms with Crippen molar-refractivity contribution in [3.05, 3.63) is 65.5 Å². The second-order valence-electron chi connectivity index (χ2n) is 6.38. The van der Waals surface area contributed by atoms with Gasteiger partial charge in [0, 0.05) is 12.0 Å². The van der Waals surface area contributed by atoms with Crippen LogP contribution in [0.15, 0.2) is 48.5 Å². The number of methoxy groups -OCH3 is 1. The summed E-state index contributed by atoms with van der Waals surface area (Å²) in [6, 6.07) is 13.2. The summed E-state index contributed by atoms with van der Waals surface area (Å²) in [5.41, 5.74) is 1.51. The first-order valence-corrected chi connectivity index (χ1v) is 8.46. The van der Waals surface area contributed by atoms with Gasteiger partial charge in [-0.25, -0.2) is 4.39 Å². The molecule has 0 aromatic heterocycles. The van der Waals surface area contributed by atoms with Crippen LogP contribution in [0.25, 0.3) is 0 Å². The maximum Gasteiger partial charge on any atom is 0.253 e. The van der Waals surface area contributed by atoms with Crippen LogP contribution in [0.4, 0.5) is 4.39 Å². The Labute approximate surface area is 146 Å². The van der Waals surface area contributed by atoms with Crippen LogP contribution in [-0.4, -0.2) is 24.2 Å². The Morgan fingerprint density at radius 3 is 2.72 bits per heavy atom. The molecule has 132 valence electrons. The van der Waals surface area contributed by atoms with Gasteiger partial charge in [0.15, 0.2) is 6.10 Å². The number of aliphatic hydroxyl groups is 1. The van der Waals surface area contributed by atoms with Crippen molar-refractivity contribution in [1.29, 1.82) is 0 Å². The van der Waals surface area contributed by atoms with E-state index >= 15 is 0 Å². The van der Waals surface area contributed by atoms with Gasteiger partial charge in [-0.15, -0.1) is 0 Å². The minimum atomic E-state index is -1.25. The summed E-state index contributed by atoms with van der Waals surface area (Å²) in [6.07, 6.45) is 1.52. The van der Waals surface area contributed by atoms with Gasteiger partial charge in [-0.2, -0.15) is 0 Å². The van der Waals surface area contributed by atoms with Crippen LogP contribution < -0.4 is 10.1 Å². The summed E-state index contributed by atoms with van der Waals surface area (Å²) in [7, 11) is 1.54. The van der Waals surface area contributed by atoms with Crippen molar-refractivity contribution in [3.8, 4) is 5.75 Å². The molecular weight excluding hydrogens is 321 g/mol. The number of rotatable bonds is 5. The maximum atomic E-state index is 13.1. The average molecular weight is 343 g/mol. The van der Waals surface area contributed by atoms with Gasteiger partial charge in [0.2, 0.25) is 0 Å². The van der Waals surface area contributed by atoms with E-state index < -0.39 is 12.0 Å². The van der Waals surface area contributed by atoms with E-state index in [1.807, 2.05) is 0 Å². The van der Waals surface area contributed by atoms with Gasteiger partial charge in [-0.3, -0.25) is 4.79 Å². The number of benzene rings is 2. The second kappa shape index (κ2) is 7.66. The first kappa shape index (κ1) is 17.4. The summed E-state index contributed by atoms with van der Waals surface area (Å²) in [5, 5.41) is 13.3. The Morgan fingerprint density at radius 2 is 2.00 bits per heavy atom. The number of hydrogen-bond donors (Lipinski definition) is 2. The van der Waals surface area contributed by atoms with E-state index in [1.54, 1.807) is 36.4 Å². The molecule has 0 aliphatic heterocycles. The Kier molecular flexibility index (Phi) is 5.34. The molecule has 0 radical (unpaired) electrons. The Morgan fingerprint density at radius 1 is 1.24 bits per heavy atom. The van der Waals surface area contributed by atoms with E-state index in [1.165, 1.54) is 19.2 Å². The number of carbonyl (C=O) groups is 1. The fourth-order valence-electron chi connectivity index (χ4n) is 3.47. The Bertz CT molecular complexity index is 732. The third-order valence-corrected chi connectivity index (χ3v) is 4.80. The van der Waals surface area contributed by atoms with Gasteiger partial charge in [-0.1, -0.05) is 30.7 Å². The third kappa shape index (κ3) is 3.99. The van der Waals surface area contributed by atoms with Crippen molar-refractivity contribution in [2.45, 2.75) is 37.3 Å². The fourth-order valence-corrected chi connectivity index (χ4v) is 3.47. The largest absolute Gasteiger partial charge is 0.497 e. The zero-order chi connectivity index (χ0) is 17.8. The standard InChI is InChI=1S/C20H22FNO3/c1-25-16-5-2-4-14(12-16)19(23)20(24)22-18-7-3-6-17(18)13-8-10-15(21)11-9-13/h2,4-5,8-12,17-19,23H,3,6-7H2,1H3,(H,22,24). The predicted octanol–water partition coefficient (Wildman–Crippen LogP) is 3.32. The highest BCUT2D eigenvalue weighted by atomic mass is 19.1. The minimum absolute atomic E-state index is 0.0572. The number of ether oxygens (including phenoxy) is 1.